The Morgan fingerprint density at radius 1 is 1.13 bits per heavy atom. The predicted molar refractivity (Wildman–Crippen MR) is 121 cm³/mol. The minimum Gasteiger partial charge on any atom is -0.489 e. The van der Waals surface area contributed by atoms with Gasteiger partial charge in [-0.15, -0.1) is 0 Å². The van der Waals surface area contributed by atoms with Gasteiger partial charge in [0, 0.05) is 24.2 Å². The third-order valence-electron chi connectivity index (χ3n) is 4.69. The van der Waals surface area contributed by atoms with E-state index in [1.807, 2.05) is 38.1 Å². The van der Waals surface area contributed by atoms with E-state index in [1.165, 1.54) is 10.9 Å². The van der Waals surface area contributed by atoms with Gasteiger partial charge in [0.05, 0.1) is 11.9 Å². The smallest absolute Gasteiger partial charge is 0.271 e. The summed E-state index contributed by atoms with van der Waals surface area (Å²) in [6.45, 7) is 4.81. The van der Waals surface area contributed by atoms with Crippen LogP contribution in [0, 0.1) is 6.92 Å². The van der Waals surface area contributed by atoms with Crippen LogP contribution in [0.15, 0.2) is 48.7 Å². The molecule has 0 atom stereocenters. The van der Waals surface area contributed by atoms with E-state index in [4.69, 9.17) is 16.3 Å². The largest absolute Gasteiger partial charge is 0.489 e. The van der Waals surface area contributed by atoms with Gasteiger partial charge in [0.25, 0.3) is 11.8 Å². The Balaban J connectivity index is 1.63. The lowest BCUT2D eigenvalue weighted by Gasteiger charge is -2.10. The van der Waals surface area contributed by atoms with Gasteiger partial charge in [-0.3, -0.25) is 14.3 Å². The van der Waals surface area contributed by atoms with Crippen LogP contribution in [0.25, 0.3) is 0 Å². The second-order valence-electron chi connectivity index (χ2n) is 7.14. The number of ether oxygens (including phenoxy) is 1. The topological polar surface area (TPSA) is 85.2 Å². The number of aryl methyl sites for hydroxylation is 2. The summed E-state index contributed by atoms with van der Waals surface area (Å²) >= 11 is 6.03. The molecule has 8 heteroatoms. The summed E-state index contributed by atoms with van der Waals surface area (Å²) in [5.41, 5.74) is 3.01. The molecule has 0 aliphatic heterocycles. The number of hydrogen-bond acceptors (Lipinski definition) is 4. The molecule has 0 bridgehead atoms. The number of halogens is 1. The van der Waals surface area contributed by atoms with Crippen LogP contribution in [-0.4, -0.2) is 28.1 Å². The summed E-state index contributed by atoms with van der Waals surface area (Å²) in [5, 5.41) is 10.3. The molecule has 3 rings (SSSR count). The minimum atomic E-state index is -0.321. The van der Waals surface area contributed by atoms with Crippen LogP contribution in [0.4, 0.5) is 5.69 Å². The summed E-state index contributed by atoms with van der Waals surface area (Å²) in [4.78, 5) is 25.0. The van der Waals surface area contributed by atoms with Crippen molar-refractivity contribution in [1.29, 1.82) is 0 Å². The van der Waals surface area contributed by atoms with Crippen molar-refractivity contribution in [3.05, 3.63) is 76.1 Å². The quantitative estimate of drug-likeness (QED) is 0.545. The first kappa shape index (κ1) is 22.4. The molecular weight excluding hydrogens is 416 g/mol. The molecule has 1 heterocycles. The van der Waals surface area contributed by atoms with Gasteiger partial charge in [-0.1, -0.05) is 30.7 Å². The fourth-order valence-electron chi connectivity index (χ4n) is 2.94. The van der Waals surface area contributed by atoms with E-state index < -0.39 is 0 Å². The maximum atomic E-state index is 12.6. The maximum Gasteiger partial charge on any atom is 0.271 e. The summed E-state index contributed by atoms with van der Waals surface area (Å²) in [6.07, 6.45) is 2.29. The van der Waals surface area contributed by atoms with Crippen molar-refractivity contribution in [3.8, 4) is 5.75 Å². The number of hydrogen-bond donors (Lipinski definition) is 2. The van der Waals surface area contributed by atoms with Crippen LogP contribution < -0.4 is 15.4 Å². The standard InChI is InChI=1S/C23H25ClN4O3/c1-4-11-25-23(30)21-20(13-26-28(21)3)27-22(29)17-7-5-16(6-8-17)14-31-18-9-10-19(24)15(2)12-18/h5-10,12-13H,4,11,14H2,1-3H3,(H,25,30)(H,27,29). The second-order valence-corrected chi connectivity index (χ2v) is 7.54. The molecule has 2 N–H and O–H groups in total. The van der Waals surface area contributed by atoms with Gasteiger partial charge in [-0.05, 0) is 54.8 Å². The molecule has 7 nitrogen and oxygen atoms in total. The highest BCUT2D eigenvalue weighted by molar-refractivity contribution is 6.31. The van der Waals surface area contributed by atoms with E-state index in [0.717, 1.165) is 23.3 Å². The summed E-state index contributed by atoms with van der Waals surface area (Å²) < 4.78 is 7.23. The van der Waals surface area contributed by atoms with E-state index in [0.29, 0.717) is 35.1 Å². The number of rotatable bonds is 8. The number of amides is 2. The van der Waals surface area contributed by atoms with Gasteiger partial charge in [0.1, 0.15) is 18.1 Å². The molecule has 3 aromatic rings. The first-order valence-electron chi connectivity index (χ1n) is 9.98. The summed E-state index contributed by atoms with van der Waals surface area (Å²) in [6, 6.07) is 12.6. The zero-order valence-corrected chi connectivity index (χ0v) is 18.5. The third kappa shape index (κ3) is 5.64. The van der Waals surface area contributed by atoms with Crippen molar-refractivity contribution in [2.75, 3.05) is 11.9 Å². The van der Waals surface area contributed by atoms with Gasteiger partial charge < -0.3 is 15.4 Å². The Morgan fingerprint density at radius 2 is 1.87 bits per heavy atom. The molecule has 0 saturated heterocycles. The average molecular weight is 441 g/mol. The van der Waals surface area contributed by atoms with Crippen molar-refractivity contribution >= 4 is 29.1 Å². The Kier molecular flexibility index (Phi) is 7.31. The summed E-state index contributed by atoms with van der Waals surface area (Å²) in [7, 11) is 1.66. The SMILES string of the molecule is CCCNC(=O)c1c(NC(=O)c2ccc(COc3ccc(Cl)c(C)c3)cc2)cnn1C. The Morgan fingerprint density at radius 3 is 2.55 bits per heavy atom. The lowest BCUT2D eigenvalue weighted by molar-refractivity contribution is 0.0945. The van der Waals surface area contributed by atoms with Crippen LogP contribution in [0.5, 0.6) is 5.75 Å². The number of nitrogens with one attached hydrogen (secondary N) is 2. The van der Waals surface area contributed by atoms with Gasteiger partial charge >= 0.3 is 0 Å². The average Bonchev–Trinajstić information content (AvgIpc) is 3.13. The van der Waals surface area contributed by atoms with Crippen LogP contribution in [0.1, 0.15) is 45.3 Å². The predicted octanol–water partition coefficient (Wildman–Crippen LogP) is 4.35. The molecule has 0 saturated carbocycles. The molecule has 0 aliphatic rings. The van der Waals surface area contributed by atoms with Gasteiger partial charge in [-0.2, -0.15) is 5.10 Å². The Labute approximate surface area is 186 Å². The molecule has 0 fully saturated rings. The van der Waals surface area contributed by atoms with Crippen LogP contribution in [-0.2, 0) is 13.7 Å². The van der Waals surface area contributed by atoms with Crippen LogP contribution in [0.2, 0.25) is 5.02 Å². The Hall–Kier alpha value is -3.32. The monoisotopic (exact) mass is 440 g/mol. The Bertz CT molecular complexity index is 1080. The van der Waals surface area contributed by atoms with Crippen molar-refractivity contribution in [2.24, 2.45) is 7.05 Å². The molecule has 2 aromatic carbocycles. The number of benzene rings is 2. The molecule has 162 valence electrons. The van der Waals surface area contributed by atoms with Crippen molar-refractivity contribution in [3.63, 3.8) is 0 Å². The minimum absolute atomic E-state index is 0.276. The van der Waals surface area contributed by atoms with Crippen molar-refractivity contribution in [2.45, 2.75) is 26.9 Å². The van der Waals surface area contributed by atoms with Gasteiger partial charge in [0.15, 0.2) is 0 Å². The fourth-order valence-corrected chi connectivity index (χ4v) is 3.06. The van der Waals surface area contributed by atoms with Crippen molar-refractivity contribution in [1.82, 2.24) is 15.1 Å². The number of anilines is 1. The van der Waals surface area contributed by atoms with E-state index in [9.17, 15) is 9.59 Å². The van der Waals surface area contributed by atoms with E-state index >= 15 is 0 Å². The van der Waals surface area contributed by atoms with Crippen LogP contribution in [0.3, 0.4) is 0 Å². The lowest BCUT2D eigenvalue weighted by Crippen LogP contribution is -2.27. The third-order valence-corrected chi connectivity index (χ3v) is 5.11. The highest BCUT2D eigenvalue weighted by Gasteiger charge is 2.18. The van der Waals surface area contributed by atoms with Gasteiger partial charge in [0.2, 0.25) is 0 Å². The van der Waals surface area contributed by atoms with E-state index in [2.05, 4.69) is 15.7 Å². The second kappa shape index (κ2) is 10.1. The maximum absolute atomic E-state index is 12.6. The zero-order chi connectivity index (χ0) is 22.4. The molecule has 1 aromatic heterocycles. The van der Waals surface area contributed by atoms with E-state index in [-0.39, 0.29) is 11.8 Å². The fraction of sp³-hybridized carbons (Fsp3) is 0.261. The molecule has 31 heavy (non-hydrogen) atoms. The van der Waals surface area contributed by atoms with Gasteiger partial charge in [-0.25, -0.2) is 0 Å². The number of nitrogens with zero attached hydrogens (tertiary/aromatic N) is 2. The molecule has 0 radical (unpaired) electrons. The molecule has 0 unspecified atom stereocenters. The van der Waals surface area contributed by atoms with Crippen LogP contribution >= 0.6 is 11.6 Å². The number of aromatic nitrogens is 2. The zero-order valence-electron chi connectivity index (χ0n) is 17.7. The number of carbonyl (C=O) groups excluding carboxylic acids is 2. The summed E-state index contributed by atoms with van der Waals surface area (Å²) in [5.74, 6) is 0.134. The number of carbonyl (C=O) groups is 2. The molecule has 0 aliphatic carbocycles. The first-order valence-corrected chi connectivity index (χ1v) is 10.4. The van der Waals surface area contributed by atoms with Crippen molar-refractivity contribution < 1.29 is 14.3 Å². The molecular formula is C23H25ClN4O3. The first-order chi connectivity index (χ1) is 14.9. The van der Waals surface area contributed by atoms with E-state index in [1.54, 1.807) is 25.2 Å². The normalized spacial score (nSPS) is 10.6. The molecule has 0 spiro atoms. The lowest BCUT2D eigenvalue weighted by atomic mass is 10.1. The highest BCUT2D eigenvalue weighted by Crippen LogP contribution is 2.22. The molecule has 2 amide bonds. The highest BCUT2D eigenvalue weighted by atomic mass is 35.5.